The summed E-state index contributed by atoms with van der Waals surface area (Å²) in [5, 5.41) is 0. The van der Waals surface area contributed by atoms with Crippen LogP contribution in [-0.4, -0.2) is 0 Å². The van der Waals surface area contributed by atoms with E-state index < -0.39 is 0 Å². The molecule has 6 saturated carbocycles. The molecule has 0 radical (unpaired) electrons. The predicted molar refractivity (Wildman–Crippen MR) is 182 cm³/mol. The molecule has 0 amide bonds. The van der Waals surface area contributed by atoms with E-state index in [4.69, 9.17) is 0 Å². The van der Waals surface area contributed by atoms with E-state index in [0.717, 1.165) is 71.0 Å². The van der Waals surface area contributed by atoms with Gasteiger partial charge in [-0.05, 0) is 115 Å². The molecular formula is C40H78. The second-order valence-corrected chi connectivity index (χ2v) is 17.6. The van der Waals surface area contributed by atoms with Crippen LogP contribution in [0.2, 0.25) is 0 Å². The molecule has 0 N–H and O–H groups in total. The van der Waals surface area contributed by atoms with Crippen molar-refractivity contribution in [3.8, 4) is 0 Å². The summed E-state index contributed by atoms with van der Waals surface area (Å²) < 4.78 is 0. The van der Waals surface area contributed by atoms with Crippen LogP contribution >= 0.6 is 0 Å². The molecule has 6 rings (SSSR count). The van der Waals surface area contributed by atoms with Crippen LogP contribution in [0.4, 0.5) is 0 Å². The van der Waals surface area contributed by atoms with Crippen LogP contribution in [0.5, 0.6) is 0 Å². The molecule has 2 bridgehead atoms. The Morgan fingerprint density at radius 1 is 0.475 bits per heavy atom. The number of hydrogen-bond acceptors (Lipinski definition) is 0. The van der Waals surface area contributed by atoms with Crippen LogP contribution in [0.25, 0.3) is 0 Å². The topological polar surface area (TPSA) is 0 Å². The molecule has 40 heavy (non-hydrogen) atoms. The maximum atomic E-state index is 2.46. The van der Waals surface area contributed by atoms with E-state index >= 15 is 0 Å². The summed E-state index contributed by atoms with van der Waals surface area (Å²) in [6, 6.07) is 0. The van der Waals surface area contributed by atoms with E-state index in [9.17, 15) is 0 Å². The Labute approximate surface area is 255 Å². The van der Waals surface area contributed by atoms with E-state index in [2.05, 4.69) is 83.1 Å². The summed E-state index contributed by atoms with van der Waals surface area (Å²) in [5.41, 5.74) is 0.706. The van der Waals surface area contributed by atoms with Gasteiger partial charge < -0.3 is 0 Å². The first-order chi connectivity index (χ1) is 18.7. The van der Waals surface area contributed by atoms with Crippen molar-refractivity contribution >= 4 is 0 Å². The van der Waals surface area contributed by atoms with E-state index in [1.165, 1.54) is 96.3 Å². The Balaban J connectivity index is 0.000000187. The molecule has 6 aliphatic carbocycles. The summed E-state index contributed by atoms with van der Waals surface area (Å²) in [6.07, 6.45) is 22.3. The van der Waals surface area contributed by atoms with Gasteiger partial charge in [-0.15, -0.1) is 0 Å². The lowest BCUT2D eigenvalue weighted by atomic mass is 9.46. The van der Waals surface area contributed by atoms with Crippen LogP contribution in [0.3, 0.4) is 0 Å². The lowest BCUT2D eigenvalue weighted by molar-refractivity contribution is -0.0988. The minimum atomic E-state index is 0.706. The standard InChI is InChI=1S/C10H18.3C10H20/c1-7-4-5-8-6-9(7)10(8,2)3;1-8(2)10-6-4-9(3)5-7-10;1-8(2)10-6-4-5-9(3)7-10;1-8(2)10-7-5-4-6-9(10)3/h7-9H,4-6H2,1-3H3;3*8-10H,4-7H2,1-3H3. The first-order valence-electron chi connectivity index (χ1n) is 18.7. The lowest BCUT2D eigenvalue weighted by Gasteiger charge is -2.59. The van der Waals surface area contributed by atoms with Gasteiger partial charge in [0.1, 0.15) is 0 Å². The van der Waals surface area contributed by atoms with Crippen molar-refractivity contribution in [3.63, 3.8) is 0 Å². The zero-order chi connectivity index (χ0) is 30.0. The van der Waals surface area contributed by atoms with Gasteiger partial charge in [0.05, 0.1) is 0 Å². The summed E-state index contributed by atoms with van der Waals surface area (Å²) in [4.78, 5) is 0. The number of hydrogen-bond donors (Lipinski definition) is 0. The van der Waals surface area contributed by atoms with E-state index in [1.54, 1.807) is 0 Å². The van der Waals surface area contributed by atoms with E-state index in [1.807, 2.05) is 0 Å². The van der Waals surface area contributed by atoms with E-state index in [0.29, 0.717) is 5.41 Å². The summed E-state index contributed by atoms with van der Waals surface area (Å²) in [5.74, 6) is 12.0. The summed E-state index contributed by atoms with van der Waals surface area (Å²) in [6.45, 7) is 28.7. The molecule has 6 fully saturated rings. The monoisotopic (exact) mass is 559 g/mol. The summed E-state index contributed by atoms with van der Waals surface area (Å²) in [7, 11) is 0. The van der Waals surface area contributed by atoms with Crippen molar-refractivity contribution in [2.24, 2.45) is 76.4 Å². The van der Waals surface area contributed by atoms with Crippen LogP contribution in [-0.2, 0) is 0 Å². The van der Waals surface area contributed by atoms with Crippen molar-refractivity contribution in [2.45, 2.75) is 179 Å². The predicted octanol–water partition coefficient (Wildman–Crippen LogP) is 13.5. The Morgan fingerprint density at radius 2 is 1.07 bits per heavy atom. The highest BCUT2D eigenvalue weighted by Crippen LogP contribution is 2.61. The molecule has 0 aromatic rings. The molecule has 0 aromatic heterocycles. The van der Waals surface area contributed by atoms with Gasteiger partial charge in [-0.2, -0.15) is 0 Å². The highest BCUT2D eigenvalue weighted by molar-refractivity contribution is 5.02. The zero-order valence-electron chi connectivity index (χ0n) is 30.0. The fraction of sp³-hybridized carbons (Fsp3) is 1.00. The van der Waals surface area contributed by atoms with Crippen molar-refractivity contribution < 1.29 is 0 Å². The maximum absolute atomic E-state index is 2.46. The first kappa shape index (κ1) is 36.2. The van der Waals surface area contributed by atoms with Crippen LogP contribution in [0, 0.1) is 76.4 Å². The Hall–Kier alpha value is 0. The van der Waals surface area contributed by atoms with E-state index in [-0.39, 0.29) is 0 Å². The molecule has 0 aromatic carbocycles. The Morgan fingerprint density at radius 3 is 1.45 bits per heavy atom. The molecule has 0 heterocycles. The highest BCUT2D eigenvalue weighted by Gasteiger charge is 2.52. The number of rotatable bonds is 3. The minimum Gasteiger partial charge on any atom is -0.0625 e. The molecule has 0 nitrogen and oxygen atoms in total. The van der Waals surface area contributed by atoms with Crippen LogP contribution in [0.1, 0.15) is 179 Å². The molecule has 0 spiro atoms. The van der Waals surface area contributed by atoms with Gasteiger partial charge in [0, 0.05) is 0 Å². The fourth-order valence-corrected chi connectivity index (χ4v) is 9.55. The van der Waals surface area contributed by atoms with Crippen molar-refractivity contribution in [1.29, 1.82) is 0 Å². The lowest BCUT2D eigenvalue weighted by Crippen LogP contribution is -2.51. The van der Waals surface area contributed by atoms with Gasteiger partial charge in [0.15, 0.2) is 0 Å². The summed E-state index contributed by atoms with van der Waals surface area (Å²) >= 11 is 0. The van der Waals surface area contributed by atoms with Gasteiger partial charge in [-0.25, -0.2) is 0 Å². The largest absolute Gasteiger partial charge is 0.0625 e. The third kappa shape index (κ3) is 11.3. The van der Waals surface area contributed by atoms with Crippen molar-refractivity contribution in [1.82, 2.24) is 0 Å². The quantitative estimate of drug-likeness (QED) is 0.323. The third-order valence-electron chi connectivity index (χ3n) is 13.2. The maximum Gasteiger partial charge on any atom is -0.0295 e. The van der Waals surface area contributed by atoms with Gasteiger partial charge in [0.25, 0.3) is 0 Å². The molecule has 0 heteroatoms. The average molecular weight is 559 g/mol. The molecule has 0 aliphatic heterocycles. The third-order valence-corrected chi connectivity index (χ3v) is 13.2. The van der Waals surface area contributed by atoms with Crippen LogP contribution in [0.15, 0.2) is 0 Å². The molecule has 7 unspecified atom stereocenters. The molecule has 0 saturated heterocycles. The van der Waals surface area contributed by atoms with Gasteiger partial charge in [-0.3, -0.25) is 0 Å². The molecule has 238 valence electrons. The van der Waals surface area contributed by atoms with Crippen LogP contribution < -0.4 is 0 Å². The van der Waals surface area contributed by atoms with Crippen molar-refractivity contribution in [2.75, 3.05) is 0 Å². The second-order valence-electron chi connectivity index (χ2n) is 17.6. The Kier molecular flexibility index (Phi) is 15.7. The average Bonchev–Trinajstić information content (AvgIpc) is 2.90. The minimum absolute atomic E-state index is 0.706. The number of fused-ring (bicyclic) bond motifs is 2. The normalized spacial score (nSPS) is 38.6. The van der Waals surface area contributed by atoms with Crippen molar-refractivity contribution in [3.05, 3.63) is 0 Å². The molecule has 7 atom stereocenters. The highest BCUT2D eigenvalue weighted by atomic mass is 14.6. The smallest absolute Gasteiger partial charge is 0.0295 e. The molecular weight excluding hydrogens is 480 g/mol. The Bertz CT molecular complexity index is 632. The van der Waals surface area contributed by atoms with Gasteiger partial charge in [0.2, 0.25) is 0 Å². The van der Waals surface area contributed by atoms with Gasteiger partial charge in [-0.1, -0.05) is 141 Å². The second kappa shape index (κ2) is 17.3. The van der Waals surface area contributed by atoms with Gasteiger partial charge >= 0.3 is 0 Å². The first-order valence-corrected chi connectivity index (χ1v) is 18.7. The fourth-order valence-electron chi connectivity index (χ4n) is 9.55. The molecule has 6 aliphatic rings. The zero-order valence-corrected chi connectivity index (χ0v) is 30.0. The SMILES string of the molecule is CC(C)C1CCCCC1C.CC1CCC(C(C)C)CC1.CC1CCC2CC1C2(C)C.CC1CCCC(C(C)C)C1.